The number of carbonyl (C=O) groups excluding carboxylic acids is 1. The average Bonchev–Trinajstić information content (AvgIpc) is 3.08. The summed E-state index contributed by atoms with van der Waals surface area (Å²) in [5.41, 5.74) is 6.19. The van der Waals surface area contributed by atoms with Gasteiger partial charge in [-0.15, -0.1) is 4.68 Å². The third-order valence-corrected chi connectivity index (χ3v) is 4.46. The number of fused-ring (bicyclic) bond motifs is 1. The Hall–Kier alpha value is -2.59. The van der Waals surface area contributed by atoms with Crippen LogP contribution in [0.15, 0.2) is 28.5 Å². The van der Waals surface area contributed by atoms with Crippen molar-refractivity contribution >= 4 is 25.1 Å². The van der Waals surface area contributed by atoms with Crippen LogP contribution in [0, 0.1) is 0 Å². The Morgan fingerprint density at radius 1 is 1.42 bits per heavy atom. The van der Waals surface area contributed by atoms with Crippen LogP contribution in [0.25, 0.3) is 0 Å². The monoisotopic (exact) mass is 359 g/mol. The predicted octanol–water partition coefficient (Wildman–Crippen LogP) is 0.311. The number of nitrogens with two attached hydrogens (primary N) is 1. The molecule has 1 aromatic carbocycles. The summed E-state index contributed by atoms with van der Waals surface area (Å²) in [6.45, 7) is 0.777. The molecule has 0 radical (unpaired) electrons. The lowest BCUT2D eigenvalue weighted by atomic mass is 9.64. The summed E-state index contributed by atoms with van der Waals surface area (Å²) in [6.07, 6.45) is 2.56. The summed E-state index contributed by atoms with van der Waals surface area (Å²) in [7, 11) is -1.22. The van der Waals surface area contributed by atoms with Crippen LogP contribution in [0.4, 0.5) is 0 Å². The maximum atomic E-state index is 12.3. The number of carbonyl (C=O) groups is 2. The molecule has 10 heteroatoms. The van der Waals surface area contributed by atoms with E-state index in [9.17, 15) is 19.7 Å². The SMILES string of the molecule is NCC1C=[N+](CCC(=O)C[C@H]2Cc3cccc(C(=O)O)c3OB2O)N=N1. The minimum atomic E-state index is -1.22. The van der Waals surface area contributed by atoms with Gasteiger partial charge in [0.2, 0.25) is 6.04 Å². The van der Waals surface area contributed by atoms with Gasteiger partial charge < -0.3 is 20.5 Å². The topological polar surface area (TPSA) is 138 Å². The van der Waals surface area contributed by atoms with E-state index in [1.54, 1.807) is 23.0 Å². The number of aromatic carboxylic acids is 1. The van der Waals surface area contributed by atoms with Gasteiger partial charge in [0.15, 0.2) is 0 Å². The fourth-order valence-electron chi connectivity index (χ4n) is 3.08. The van der Waals surface area contributed by atoms with Gasteiger partial charge in [0.05, 0.1) is 5.56 Å². The summed E-state index contributed by atoms with van der Waals surface area (Å²) in [6, 6.07) is 4.66. The fraction of sp³-hybridized carbons (Fsp3) is 0.438. The highest BCUT2D eigenvalue weighted by Crippen LogP contribution is 2.36. The number of rotatable bonds is 7. The molecule has 136 valence electrons. The number of nitrogens with zero attached hydrogens (tertiary/aromatic N) is 3. The van der Waals surface area contributed by atoms with Gasteiger partial charge in [-0.1, -0.05) is 12.1 Å². The van der Waals surface area contributed by atoms with Crippen molar-refractivity contribution in [3.8, 4) is 5.75 Å². The molecule has 2 aliphatic heterocycles. The van der Waals surface area contributed by atoms with Crippen LogP contribution in [0.2, 0.25) is 5.82 Å². The van der Waals surface area contributed by atoms with Crippen molar-refractivity contribution in [1.29, 1.82) is 0 Å². The van der Waals surface area contributed by atoms with Gasteiger partial charge in [0, 0.05) is 30.3 Å². The summed E-state index contributed by atoms with van der Waals surface area (Å²) in [4.78, 5) is 23.5. The molecule has 2 atom stereocenters. The van der Waals surface area contributed by atoms with E-state index in [2.05, 4.69) is 10.3 Å². The van der Waals surface area contributed by atoms with Crippen molar-refractivity contribution in [2.75, 3.05) is 13.1 Å². The maximum absolute atomic E-state index is 12.3. The van der Waals surface area contributed by atoms with E-state index in [0.717, 1.165) is 0 Å². The molecule has 2 heterocycles. The lowest BCUT2D eigenvalue weighted by Crippen LogP contribution is -2.36. The van der Waals surface area contributed by atoms with Gasteiger partial charge in [-0.3, -0.25) is 4.79 Å². The number of hydrogen-bond donors (Lipinski definition) is 3. The Labute approximate surface area is 150 Å². The van der Waals surface area contributed by atoms with Gasteiger partial charge in [-0.2, -0.15) is 0 Å². The average molecular weight is 359 g/mol. The molecule has 9 nitrogen and oxygen atoms in total. The van der Waals surface area contributed by atoms with E-state index in [1.807, 2.05) is 0 Å². The molecule has 0 fully saturated rings. The Morgan fingerprint density at radius 2 is 2.23 bits per heavy atom. The normalized spacial score (nSPS) is 21.2. The van der Waals surface area contributed by atoms with E-state index >= 15 is 0 Å². The first-order valence-electron chi connectivity index (χ1n) is 8.42. The first kappa shape index (κ1) is 18.2. The number of para-hydroxylation sites is 1. The quantitative estimate of drug-likeness (QED) is 0.473. The Morgan fingerprint density at radius 3 is 2.92 bits per heavy atom. The first-order valence-corrected chi connectivity index (χ1v) is 8.42. The van der Waals surface area contributed by atoms with E-state index in [-0.39, 0.29) is 36.0 Å². The summed E-state index contributed by atoms with van der Waals surface area (Å²) in [5, 5.41) is 27.2. The molecule has 2 aliphatic rings. The summed E-state index contributed by atoms with van der Waals surface area (Å²) < 4.78 is 7.00. The highest BCUT2D eigenvalue weighted by molar-refractivity contribution is 6.47. The van der Waals surface area contributed by atoms with Crippen molar-refractivity contribution in [3.63, 3.8) is 0 Å². The van der Waals surface area contributed by atoms with Crippen molar-refractivity contribution in [2.45, 2.75) is 31.1 Å². The predicted molar refractivity (Wildman–Crippen MR) is 92.6 cm³/mol. The van der Waals surface area contributed by atoms with Crippen molar-refractivity contribution in [3.05, 3.63) is 29.3 Å². The van der Waals surface area contributed by atoms with Crippen molar-refractivity contribution in [1.82, 2.24) is 0 Å². The zero-order valence-corrected chi connectivity index (χ0v) is 14.1. The minimum absolute atomic E-state index is 0.00992. The molecule has 0 aromatic heterocycles. The zero-order chi connectivity index (χ0) is 18.7. The zero-order valence-electron chi connectivity index (χ0n) is 14.1. The molecular formula is C16H20BN4O5+. The first-order chi connectivity index (χ1) is 12.5. The molecule has 4 N–H and O–H groups in total. The van der Waals surface area contributed by atoms with E-state index in [4.69, 9.17) is 10.4 Å². The molecule has 0 amide bonds. The molecule has 1 unspecified atom stereocenters. The second-order valence-corrected chi connectivity index (χ2v) is 6.38. The van der Waals surface area contributed by atoms with Crippen LogP contribution < -0.4 is 10.4 Å². The molecule has 0 saturated heterocycles. The molecule has 0 aliphatic carbocycles. The lowest BCUT2D eigenvalue weighted by molar-refractivity contribution is -0.530. The molecular weight excluding hydrogens is 339 g/mol. The maximum Gasteiger partial charge on any atom is 0.526 e. The third-order valence-electron chi connectivity index (χ3n) is 4.46. The number of carboxylic acids is 1. The number of hydrogen-bond acceptors (Lipinski definition) is 7. The molecule has 0 saturated carbocycles. The number of Topliss-reactive ketones (excluding diaryl/α,β-unsaturated/α-hetero) is 1. The summed E-state index contributed by atoms with van der Waals surface area (Å²) in [5.74, 6) is -1.39. The lowest BCUT2D eigenvalue weighted by Gasteiger charge is -2.27. The van der Waals surface area contributed by atoms with Gasteiger partial charge in [-0.05, 0) is 18.1 Å². The van der Waals surface area contributed by atoms with Gasteiger partial charge in [0.1, 0.15) is 29.5 Å². The second kappa shape index (κ2) is 7.75. The number of carboxylic acid groups (broad SMARTS) is 1. The van der Waals surface area contributed by atoms with Gasteiger partial charge >= 0.3 is 13.1 Å². The Kier molecular flexibility index (Phi) is 5.43. The van der Waals surface area contributed by atoms with Crippen LogP contribution >= 0.6 is 0 Å². The van der Waals surface area contributed by atoms with Crippen molar-refractivity contribution < 1.29 is 29.1 Å². The Bertz CT molecular complexity index is 782. The van der Waals surface area contributed by atoms with Crippen LogP contribution in [0.1, 0.15) is 28.8 Å². The molecule has 3 rings (SSSR count). The highest BCUT2D eigenvalue weighted by Gasteiger charge is 2.37. The van der Waals surface area contributed by atoms with Crippen LogP contribution in [0.5, 0.6) is 5.75 Å². The fourth-order valence-corrected chi connectivity index (χ4v) is 3.08. The van der Waals surface area contributed by atoms with Crippen molar-refractivity contribution in [2.24, 2.45) is 16.1 Å². The molecule has 0 bridgehead atoms. The Balaban J connectivity index is 1.59. The second-order valence-electron chi connectivity index (χ2n) is 6.38. The minimum Gasteiger partial charge on any atom is -0.535 e. The van der Waals surface area contributed by atoms with Gasteiger partial charge in [0.25, 0.3) is 0 Å². The van der Waals surface area contributed by atoms with Crippen LogP contribution in [0.3, 0.4) is 0 Å². The van der Waals surface area contributed by atoms with Crippen LogP contribution in [-0.2, 0) is 11.2 Å². The smallest absolute Gasteiger partial charge is 0.526 e. The largest absolute Gasteiger partial charge is 0.535 e. The third kappa shape index (κ3) is 3.97. The van der Waals surface area contributed by atoms with E-state index in [0.29, 0.717) is 25.1 Å². The van der Waals surface area contributed by atoms with E-state index < -0.39 is 18.9 Å². The molecule has 26 heavy (non-hydrogen) atoms. The highest BCUT2D eigenvalue weighted by atomic mass is 16.5. The number of benzene rings is 1. The molecule has 0 spiro atoms. The molecule has 1 aromatic rings. The van der Waals surface area contributed by atoms with Gasteiger partial charge in [-0.25, -0.2) is 4.79 Å². The standard InChI is InChI=1S/C16H19BN4O5/c18-8-12-9-21(20-19-12)5-4-13(22)7-11-6-10-2-1-3-14(16(23)24)15(10)26-17(11)25/h1-3,9,11-12,25H,4-8,18H2/p+1/t11-,12?/m1/s1. The van der Waals surface area contributed by atoms with Crippen LogP contribution in [-0.4, -0.2) is 59.0 Å². The number of ketones is 1. The summed E-state index contributed by atoms with van der Waals surface area (Å²) >= 11 is 0. The van der Waals surface area contributed by atoms with E-state index in [1.165, 1.54) is 6.07 Å².